The van der Waals surface area contributed by atoms with E-state index in [1.807, 2.05) is 0 Å². The number of allylic oxidation sites excluding steroid dienone is 1. The summed E-state index contributed by atoms with van der Waals surface area (Å²) in [5.74, 6) is 0.747. The molecule has 8 unspecified atom stereocenters. The minimum Gasteiger partial charge on any atom is -0.463 e. The third-order valence-electron chi connectivity index (χ3n) is 15.8. The number of hydrogen-bond donors (Lipinski definition) is 3. The number of aliphatic hydroxyl groups excluding tert-OH is 3. The number of fused-ring (bicyclic) bond motifs is 3. The zero-order valence-electron chi connectivity index (χ0n) is 31.3. The van der Waals surface area contributed by atoms with Crippen molar-refractivity contribution in [3.63, 3.8) is 0 Å². The van der Waals surface area contributed by atoms with Crippen molar-refractivity contribution in [2.75, 3.05) is 6.61 Å². The first kappa shape index (κ1) is 37.9. The fraction of sp³-hybridized carbons (Fsp3) is 0.875. The fourth-order valence-corrected chi connectivity index (χ4v) is 13.5. The van der Waals surface area contributed by atoms with Crippen molar-refractivity contribution in [1.29, 1.82) is 0 Å². The number of hydrogen-bond acceptors (Lipinski definition) is 10. The second-order valence-electron chi connectivity index (χ2n) is 18.3. The Morgan fingerprint density at radius 3 is 2.32 bits per heavy atom. The predicted molar refractivity (Wildman–Crippen MR) is 184 cm³/mol. The normalized spacial score (nSPS) is 47.8. The molecular formula is C40H62O10. The molecule has 15 atom stereocenters. The van der Waals surface area contributed by atoms with Crippen molar-refractivity contribution in [2.24, 2.45) is 50.7 Å². The van der Waals surface area contributed by atoms with E-state index in [1.54, 1.807) is 0 Å². The Morgan fingerprint density at radius 1 is 0.940 bits per heavy atom. The van der Waals surface area contributed by atoms with Crippen LogP contribution in [0.2, 0.25) is 0 Å². The summed E-state index contributed by atoms with van der Waals surface area (Å²) in [6.07, 6.45) is 4.38. The molecule has 1 heterocycles. The minimum atomic E-state index is -1.54. The number of rotatable bonds is 11. The number of aldehydes is 1. The highest BCUT2D eigenvalue weighted by atomic mass is 16.7. The lowest BCUT2D eigenvalue weighted by Gasteiger charge is -2.69. The summed E-state index contributed by atoms with van der Waals surface area (Å²) >= 11 is 0. The SMILES string of the molecule is C=C(C=O)CCCC(C)[C@@H]1CC[C@]23C[C@]12CCC1[C@@]2(C)CC[C@@H](OC(C)=O)C(C)(C)C2C[C@@H](OC2OC(COC(C)=O)C(O)C(O)C2O)[C@]13C. The van der Waals surface area contributed by atoms with Crippen LogP contribution in [0, 0.1) is 50.7 Å². The summed E-state index contributed by atoms with van der Waals surface area (Å²) in [5.41, 5.74) is 0.280. The Morgan fingerprint density at radius 2 is 1.66 bits per heavy atom. The lowest BCUT2D eigenvalue weighted by Crippen LogP contribution is -2.68. The van der Waals surface area contributed by atoms with Crippen molar-refractivity contribution in [2.45, 2.75) is 162 Å². The average molecular weight is 703 g/mol. The van der Waals surface area contributed by atoms with E-state index in [0.717, 1.165) is 64.1 Å². The van der Waals surface area contributed by atoms with Gasteiger partial charge in [-0.15, -0.1) is 0 Å². The zero-order chi connectivity index (χ0) is 36.6. The standard InChI is InChI=1S/C40H62O10/c1-22(19-41)10-9-11-23(2)26-12-17-40-21-39(26,40)16-13-28-37(7)15-14-30(48-25(4)43)36(5,6)29(37)18-31(38(28,40)8)50-35-34(46)33(45)32(44)27(49-35)20-47-24(3)42/h19,23,26-35,44-46H,1,9-18,20-21H2,2-8H3/t23?,26-,27?,28?,29?,30+,31+,32?,33?,34?,35?,37+,38-,39+,40+/m0/s1. The van der Waals surface area contributed by atoms with E-state index in [-0.39, 0.29) is 57.8 Å². The van der Waals surface area contributed by atoms with Gasteiger partial charge in [0.2, 0.25) is 0 Å². The van der Waals surface area contributed by atoms with Gasteiger partial charge in [-0.2, -0.15) is 0 Å². The Kier molecular flexibility index (Phi) is 10.0. The number of carbonyl (C=O) groups is 3. The van der Waals surface area contributed by atoms with Crippen LogP contribution in [0.25, 0.3) is 0 Å². The highest BCUT2D eigenvalue weighted by molar-refractivity contribution is 5.71. The summed E-state index contributed by atoms with van der Waals surface area (Å²) in [4.78, 5) is 35.1. The lowest BCUT2D eigenvalue weighted by atomic mass is 9.37. The maximum absolute atomic E-state index is 12.3. The van der Waals surface area contributed by atoms with Crippen molar-refractivity contribution in [3.05, 3.63) is 12.2 Å². The maximum Gasteiger partial charge on any atom is 0.302 e. The Bertz CT molecular complexity index is 1350. The van der Waals surface area contributed by atoms with Gasteiger partial charge in [-0.1, -0.05) is 47.6 Å². The van der Waals surface area contributed by atoms with Crippen LogP contribution in [0.1, 0.15) is 119 Å². The molecule has 1 aliphatic heterocycles. The van der Waals surface area contributed by atoms with Gasteiger partial charge in [-0.3, -0.25) is 14.4 Å². The van der Waals surface area contributed by atoms with Crippen LogP contribution in [-0.4, -0.2) is 83.1 Å². The van der Waals surface area contributed by atoms with Gasteiger partial charge in [0.05, 0.1) is 6.10 Å². The third kappa shape index (κ3) is 5.64. The summed E-state index contributed by atoms with van der Waals surface area (Å²) in [6.45, 7) is 18.1. The highest BCUT2D eigenvalue weighted by Crippen LogP contribution is 2.91. The second kappa shape index (κ2) is 13.2. The van der Waals surface area contributed by atoms with Gasteiger partial charge < -0.3 is 34.3 Å². The fourth-order valence-electron chi connectivity index (χ4n) is 13.5. The summed E-state index contributed by atoms with van der Waals surface area (Å²) < 4.78 is 24.3. The smallest absolute Gasteiger partial charge is 0.302 e. The largest absolute Gasteiger partial charge is 0.463 e. The van der Waals surface area contributed by atoms with E-state index in [9.17, 15) is 29.7 Å². The quantitative estimate of drug-likeness (QED) is 0.112. The number of esters is 2. The molecule has 10 heteroatoms. The van der Waals surface area contributed by atoms with Crippen molar-refractivity contribution >= 4 is 18.2 Å². The first-order valence-electron chi connectivity index (χ1n) is 19.2. The van der Waals surface area contributed by atoms with Crippen LogP contribution in [0.3, 0.4) is 0 Å². The van der Waals surface area contributed by atoms with Crippen LogP contribution < -0.4 is 0 Å². The minimum absolute atomic E-state index is 0.0310. The van der Waals surface area contributed by atoms with Gasteiger partial charge in [0.25, 0.3) is 0 Å². The van der Waals surface area contributed by atoms with E-state index in [2.05, 4.69) is 41.2 Å². The van der Waals surface area contributed by atoms with Crippen LogP contribution in [-0.2, 0) is 33.3 Å². The summed E-state index contributed by atoms with van der Waals surface area (Å²) in [5, 5.41) is 33.0. The van der Waals surface area contributed by atoms with Gasteiger partial charge in [-0.05, 0) is 110 Å². The van der Waals surface area contributed by atoms with Crippen LogP contribution in [0.5, 0.6) is 0 Å². The number of carbonyl (C=O) groups excluding carboxylic acids is 3. The molecule has 6 fully saturated rings. The Balaban J connectivity index is 1.35. The number of aliphatic hydroxyl groups is 3. The molecule has 1 saturated heterocycles. The molecule has 10 nitrogen and oxygen atoms in total. The Hall–Kier alpha value is -1.85. The average Bonchev–Trinajstić information content (AvgIpc) is 3.62. The van der Waals surface area contributed by atoms with Crippen LogP contribution in [0.4, 0.5) is 0 Å². The van der Waals surface area contributed by atoms with Crippen molar-refractivity contribution < 1.29 is 48.7 Å². The molecule has 0 spiro atoms. The van der Waals surface area contributed by atoms with Gasteiger partial charge in [-0.25, -0.2) is 0 Å². The topological polar surface area (TPSA) is 149 Å². The van der Waals surface area contributed by atoms with Crippen LogP contribution >= 0.6 is 0 Å². The molecule has 3 N–H and O–H groups in total. The van der Waals surface area contributed by atoms with Gasteiger partial charge in [0.1, 0.15) is 43.4 Å². The molecule has 0 amide bonds. The molecular weight excluding hydrogens is 640 g/mol. The zero-order valence-corrected chi connectivity index (χ0v) is 31.3. The first-order chi connectivity index (χ1) is 23.4. The van der Waals surface area contributed by atoms with Crippen molar-refractivity contribution in [1.82, 2.24) is 0 Å². The molecule has 0 aromatic heterocycles. The Labute approximate surface area is 298 Å². The van der Waals surface area contributed by atoms with Crippen molar-refractivity contribution in [3.8, 4) is 0 Å². The van der Waals surface area contributed by atoms with E-state index in [4.69, 9.17) is 18.9 Å². The molecule has 5 saturated carbocycles. The molecule has 50 heavy (non-hydrogen) atoms. The molecule has 0 radical (unpaired) electrons. The van der Waals surface area contributed by atoms with Gasteiger partial charge in [0.15, 0.2) is 6.29 Å². The second-order valence-corrected chi connectivity index (χ2v) is 18.3. The van der Waals surface area contributed by atoms with E-state index >= 15 is 0 Å². The van der Waals surface area contributed by atoms with Gasteiger partial charge in [0, 0.05) is 24.7 Å². The molecule has 0 aromatic carbocycles. The molecule has 0 aromatic rings. The van der Waals surface area contributed by atoms with E-state index in [1.165, 1.54) is 20.3 Å². The van der Waals surface area contributed by atoms with Gasteiger partial charge >= 0.3 is 11.9 Å². The predicted octanol–water partition coefficient (Wildman–Crippen LogP) is 5.28. The van der Waals surface area contributed by atoms with E-state index in [0.29, 0.717) is 29.7 Å². The monoisotopic (exact) mass is 702 g/mol. The van der Waals surface area contributed by atoms with Crippen LogP contribution in [0.15, 0.2) is 12.2 Å². The third-order valence-corrected chi connectivity index (χ3v) is 15.8. The maximum atomic E-state index is 12.3. The molecule has 0 bridgehead atoms. The highest BCUT2D eigenvalue weighted by Gasteiger charge is 2.85. The van der Waals surface area contributed by atoms with E-state index < -0.39 is 36.7 Å². The molecule has 6 rings (SSSR count). The summed E-state index contributed by atoms with van der Waals surface area (Å²) in [6, 6.07) is 0. The molecule has 282 valence electrons. The summed E-state index contributed by atoms with van der Waals surface area (Å²) in [7, 11) is 0. The number of ether oxygens (including phenoxy) is 4. The molecule has 6 aliphatic rings. The molecule has 5 aliphatic carbocycles. The first-order valence-corrected chi connectivity index (χ1v) is 19.2. The lowest BCUT2D eigenvalue weighted by molar-refractivity contribution is -0.344.